The fraction of sp³-hybridized carbons (Fsp3) is 0.929. The Bertz CT molecular complexity index is 562. The van der Waals surface area contributed by atoms with Crippen molar-refractivity contribution in [2.45, 2.75) is 67.6 Å². The van der Waals surface area contributed by atoms with Crippen LogP contribution in [0.4, 0.5) is 0 Å². The smallest absolute Gasteiger partial charge is 0.279 e. The topological polar surface area (TPSA) is 245 Å². The molecule has 0 aromatic rings. The van der Waals surface area contributed by atoms with Gasteiger partial charge in [-0.3, -0.25) is 10.5 Å². The number of hydrogen-bond donors (Lipinski definition) is 10. The number of carbonyl (C=O) groups is 1. The van der Waals surface area contributed by atoms with Gasteiger partial charge in [-0.2, -0.15) is 0 Å². The van der Waals surface area contributed by atoms with Crippen molar-refractivity contribution in [2.75, 3.05) is 13.2 Å². The Kier molecular flexibility index (Phi) is 6.97. The lowest BCUT2D eigenvalue weighted by atomic mass is 9.92. The van der Waals surface area contributed by atoms with Crippen LogP contribution in [0, 0.1) is 0 Å². The summed E-state index contributed by atoms with van der Waals surface area (Å²) < 4.78 is 15.4. The summed E-state index contributed by atoms with van der Waals surface area (Å²) in [5.74, 6) is -3.56. The van der Waals surface area contributed by atoms with Gasteiger partial charge in [-0.15, -0.1) is 0 Å². The highest BCUT2D eigenvalue weighted by molar-refractivity contribution is 5.73. The minimum Gasteiger partial charge on any atom is -0.394 e. The first-order valence-electron chi connectivity index (χ1n) is 8.34. The molecule has 11 N–H and O–H groups in total. The van der Waals surface area contributed by atoms with Gasteiger partial charge in [0, 0.05) is 6.92 Å². The molecule has 2 rings (SSSR count). The number of nitrogens with one attached hydrogen (secondary N) is 1. The number of amides is 1. The van der Waals surface area contributed by atoms with Gasteiger partial charge >= 0.3 is 0 Å². The van der Waals surface area contributed by atoms with Gasteiger partial charge < -0.3 is 60.4 Å². The summed E-state index contributed by atoms with van der Waals surface area (Å²) in [4.78, 5) is 11.2. The summed E-state index contributed by atoms with van der Waals surface area (Å²) in [6.07, 6.45) is -14.6. The second-order valence-corrected chi connectivity index (χ2v) is 6.76. The van der Waals surface area contributed by atoms with Crippen LogP contribution in [0.5, 0.6) is 0 Å². The summed E-state index contributed by atoms with van der Waals surface area (Å²) in [7, 11) is 0. The first kappa shape index (κ1) is 23.3. The third-order valence-corrected chi connectivity index (χ3v) is 4.63. The maximum absolute atomic E-state index is 11.2. The van der Waals surface area contributed by atoms with E-state index in [1.54, 1.807) is 0 Å². The van der Waals surface area contributed by atoms with E-state index in [0.717, 1.165) is 6.92 Å². The van der Waals surface area contributed by atoms with Crippen LogP contribution >= 0.6 is 0 Å². The predicted octanol–water partition coefficient (Wildman–Crippen LogP) is -6.65. The van der Waals surface area contributed by atoms with Crippen LogP contribution in [0.15, 0.2) is 0 Å². The van der Waals surface area contributed by atoms with Crippen LogP contribution in [0.1, 0.15) is 6.92 Å². The van der Waals surface area contributed by atoms with Crippen molar-refractivity contribution in [3.8, 4) is 0 Å². The quantitative estimate of drug-likeness (QED) is 0.188. The molecule has 2 aliphatic heterocycles. The summed E-state index contributed by atoms with van der Waals surface area (Å²) in [5.41, 5.74) is 2.79. The molecule has 0 saturated carbocycles. The Hall–Kier alpha value is -1.01. The van der Waals surface area contributed by atoms with Crippen LogP contribution in [0.25, 0.3) is 0 Å². The number of aliphatic hydroxyl groups is 8. The minimum absolute atomic E-state index is 0.814. The number of hydrogen-bond acceptors (Lipinski definition) is 13. The number of ether oxygens (including phenoxy) is 3. The van der Waals surface area contributed by atoms with E-state index in [-0.39, 0.29) is 0 Å². The Balaban J connectivity index is 2.23. The van der Waals surface area contributed by atoms with Gasteiger partial charge in [-0.05, 0) is 0 Å². The van der Waals surface area contributed by atoms with Crippen molar-refractivity contribution in [1.29, 1.82) is 0 Å². The number of carbonyl (C=O) groups excluding carboxylic acids is 1. The van der Waals surface area contributed by atoms with E-state index in [2.05, 4.69) is 0 Å². The molecule has 0 radical (unpaired) electrons. The van der Waals surface area contributed by atoms with Crippen LogP contribution in [0.3, 0.4) is 0 Å². The highest BCUT2D eigenvalue weighted by Crippen LogP contribution is 2.33. The molecule has 0 aliphatic carbocycles. The fourth-order valence-corrected chi connectivity index (χ4v) is 3.08. The molecular formula is C14H26N2O12. The molecule has 0 spiro atoms. The molecule has 14 nitrogen and oxygen atoms in total. The number of aliphatic hydroxyl groups excluding tert-OH is 6. The van der Waals surface area contributed by atoms with Gasteiger partial charge in [0.15, 0.2) is 18.1 Å². The molecule has 0 aromatic carbocycles. The van der Waals surface area contributed by atoms with Crippen molar-refractivity contribution in [1.82, 2.24) is 5.32 Å². The van der Waals surface area contributed by atoms with Crippen LogP contribution < -0.4 is 11.1 Å². The molecule has 2 saturated heterocycles. The number of rotatable bonds is 5. The Morgan fingerprint density at radius 3 is 2.14 bits per heavy atom. The first-order valence-corrected chi connectivity index (χ1v) is 8.34. The lowest BCUT2D eigenvalue weighted by Crippen LogP contribution is -2.74. The average Bonchev–Trinajstić information content (AvgIpc) is 2.62. The molecule has 0 aromatic heterocycles. The van der Waals surface area contributed by atoms with E-state index in [0.29, 0.717) is 0 Å². The number of nitrogens with two attached hydrogens (primary N) is 1. The Morgan fingerprint density at radius 2 is 1.64 bits per heavy atom. The molecule has 164 valence electrons. The maximum atomic E-state index is 11.2. The van der Waals surface area contributed by atoms with Crippen molar-refractivity contribution in [3.05, 3.63) is 0 Å². The van der Waals surface area contributed by atoms with Gasteiger partial charge in [0.1, 0.15) is 36.6 Å². The van der Waals surface area contributed by atoms with Crippen LogP contribution in [0.2, 0.25) is 0 Å². The van der Waals surface area contributed by atoms with Gasteiger partial charge in [-0.25, -0.2) is 0 Å². The molecule has 10 atom stereocenters. The third-order valence-electron chi connectivity index (χ3n) is 4.63. The second-order valence-electron chi connectivity index (χ2n) is 6.76. The molecule has 1 unspecified atom stereocenters. The van der Waals surface area contributed by atoms with Gasteiger partial charge in [0.2, 0.25) is 5.91 Å². The summed E-state index contributed by atoms with van der Waals surface area (Å²) in [6.45, 7) is -0.685. The lowest BCUT2D eigenvalue weighted by Gasteiger charge is -2.50. The first-order chi connectivity index (χ1) is 12.9. The van der Waals surface area contributed by atoms with E-state index in [1.807, 2.05) is 5.32 Å². The maximum Gasteiger partial charge on any atom is 0.279 e. The van der Waals surface area contributed by atoms with E-state index >= 15 is 0 Å². The van der Waals surface area contributed by atoms with Gasteiger partial charge in [0.05, 0.1) is 13.2 Å². The molecule has 14 heteroatoms. The predicted molar refractivity (Wildman–Crippen MR) is 84.5 cm³/mol. The van der Waals surface area contributed by atoms with Crippen molar-refractivity contribution < 1.29 is 59.9 Å². The summed E-state index contributed by atoms with van der Waals surface area (Å²) >= 11 is 0. The molecule has 1 amide bonds. The molecule has 28 heavy (non-hydrogen) atoms. The Labute approximate surface area is 158 Å². The van der Waals surface area contributed by atoms with Crippen LogP contribution in [-0.2, 0) is 19.0 Å². The molecule has 0 bridgehead atoms. The second kappa shape index (κ2) is 8.39. The van der Waals surface area contributed by atoms with E-state index in [1.165, 1.54) is 0 Å². The molecular weight excluding hydrogens is 388 g/mol. The summed E-state index contributed by atoms with van der Waals surface area (Å²) in [5, 5.41) is 81.3. The van der Waals surface area contributed by atoms with Crippen LogP contribution in [-0.4, -0.2) is 121 Å². The van der Waals surface area contributed by atoms with Crippen molar-refractivity contribution in [2.24, 2.45) is 5.73 Å². The van der Waals surface area contributed by atoms with E-state index < -0.39 is 79.8 Å². The normalized spacial score (nSPS) is 49.6. The summed E-state index contributed by atoms with van der Waals surface area (Å²) in [6, 6.07) is 0. The molecule has 2 fully saturated rings. The monoisotopic (exact) mass is 414 g/mol. The van der Waals surface area contributed by atoms with Crippen molar-refractivity contribution in [3.63, 3.8) is 0 Å². The lowest BCUT2D eigenvalue weighted by molar-refractivity contribution is -0.395. The molecule has 2 heterocycles. The zero-order chi connectivity index (χ0) is 21.4. The van der Waals surface area contributed by atoms with E-state index in [9.17, 15) is 45.6 Å². The highest BCUT2D eigenvalue weighted by atomic mass is 16.7. The SMILES string of the molecule is CC(=O)NC1(O)O[C@H](CO)[C@@H](O[C@@H]2O[C@H](CO)[C@H](O)[C@](N)(O)[C@H]2O)[C@H](O)[C@H]1O. The molecule has 2 aliphatic rings. The third kappa shape index (κ3) is 4.13. The zero-order valence-corrected chi connectivity index (χ0v) is 14.8. The van der Waals surface area contributed by atoms with Crippen molar-refractivity contribution >= 4 is 5.91 Å². The van der Waals surface area contributed by atoms with E-state index in [4.69, 9.17) is 19.9 Å². The minimum atomic E-state index is -2.75. The Morgan fingerprint density at radius 1 is 1.07 bits per heavy atom. The van der Waals surface area contributed by atoms with Gasteiger partial charge in [0.25, 0.3) is 5.91 Å². The largest absolute Gasteiger partial charge is 0.394 e. The average molecular weight is 414 g/mol. The zero-order valence-electron chi connectivity index (χ0n) is 14.8. The van der Waals surface area contributed by atoms with Gasteiger partial charge in [-0.1, -0.05) is 0 Å². The highest BCUT2D eigenvalue weighted by Gasteiger charge is 2.58. The standard InChI is InChI=1S/C14H26N2O12/c1-4(19)16-14(25)10(22)7(20)8(5(2-17)28-14)27-12-11(23)13(15,24)9(21)6(3-18)26-12/h5-12,17-18,20-25H,2-3,15H2,1H3,(H,16,19)/t5-,6-,7+,8-,9+,10-,11+,12+,13+,14?/m1/s1. The fourth-order valence-electron chi connectivity index (χ4n) is 3.08.